The van der Waals surface area contributed by atoms with Crippen molar-refractivity contribution in [3.05, 3.63) is 51.1 Å². The minimum atomic E-state index is 0. The molecule has 0 saturated heterocycles. The number of guanidine groups is 1. The number of benzene rings is 1. The van der Waals surface area contributed by atoms with Gasteiger partial charge in [0.1, 0.15) is 0 Å². The third-order valence-electron chi connectivity index (χ3n) is 4.55. The van der Waals surface area contributed by atoms with Crippen molar-refractivity contribution < 1.29 is 0 Å². The minimum absolute atomic E-state index is 0. The van der Waals surface area contributed by atoms with Gasteiger partial charge in [-0.05, 0) is 44.4 Å². The van der Waals surface area contributed by atoms with Crippen molar-refractivity contribution >= 4 is 52.2 Å². The number of H-pyrrole nitrogens is 1. The second-order valence-electron chi connectivity index (χ2n) is 6.48. The lowest BCUT2D eigenvalue weighted by atomic mass is 10.1. The van der Waals surface area contributed by atoms with Crippen molar-refractivity contribution in [2.75, 3.05) is 20.1 Å². The molecule has 2 aromatic heterocycles. The molecule has 0 atom stereocenters. The molecule has 0 unspecified atom stereocenters. The molecule has 0 spiro atoms. The Bertz CT molecular complexity index is 912. The van der Waals surface area contributed by atoms with Gasteiger partial charge in [-0.3, -0.25) is 4.99 Å². The second kappa shape index (κ2) is 10.1. The molecule has 0 amide bonds. The molecule has 0 bridgehead atoms. The van der Waals surface area contributed by atoms with Crippen LogP contribution in [-0.4, -0.2) is 36.1 Å². The number of aromatic nitrogens is 2. The van der Waals surface area contributed by atoms with Gasteiger partial charge in [0.2, 0.25) is 0 Å². The van der Waals surface area contributed by atoms with Gasteiger partial charge in [0, 0.05) is 48.5 Å². The van der Waals surface area contributed by atoms with Gasteiger partial charge < -0.3 is 15.6 Å². The first-order chi connectivity index (χ1) is 12.6. The number of nitrogens with one attached hydrogen (secondary N) is 3. The van der Waals surface area contributed by atoms with Gasteiger partial charge in [0.05, 0.1) is 10.7 Å². The zero-order valence-electron chi connectivity index (χ0n) is 16.3. The zero-order valence-corrected chi connectivity index (χ0v) is 19.5. The molecular formula is C20H28IN5S. The van der Waals surface area contributed by atoms with Crippen LogP contribution in [0.1, 0.15) is 26.7 Å². The summed E-state index contributed by atoms with van der Waals surface area (Å²) in [6.07, 6.45) is 4.04. The number of fused-ring (bicyclic) bond motifs is 1. The van der Waals surface area contributed by atoms with Gasteiger partial charge in [-0.2, -0.15) is 0 Å². The second-order valence-corrected chi connectivity index (χ2v) is 7.77. The van der Waals surface area contributed by atoms with E-state index in [9.17, 15) is 0 Å². The number of aryl methyl sites for hydroxylation is 3. The monoisotopic (exact) mass is 497 g/mol. The molecule has 0 aliphatic rings. The molecule has 0 radical (unpaired) electrons. The Morgan fingerprint density at radius 3 is 2.56 bits per heavy atom. The smallest absolute Gasteiger partial charge is 0.190 e. The molecule has 3 N–H and O–H groups in total. The summed E-state index contributed by atoms with van der Waals surface area (Å²) < 4.78 is 0. The number of aliphatic imine (C=N–C) groups is 1. The Labute approximate surface area is 182 Å². The largest absolute Gasteiger partial charge is 0.361 e. The number of halogens is 1. The number of hydrogen-bond acceptors (Lipinski definition) is 3. The van der Waals surface area contributed by atoms with E-state index in [2.05, 4.69) is 70.8 Å². The van der Waals surface area contributed by atoms with Crippen LogP contribution < -0.4 is 10.6 Å². The predicted octanol–water partition coefficient (Wildman–Crippen LogP) is 4.12. The van der Waals surface area contributed by atoms with Crippen LogP contribution in [0, 0.1) is 20.8 Å². The summed E-state index contributed by atoms with van der Waals surface area (Å²) >= 11 is 1.78. The normalized spacial score (nSPS) is 11.5. The van der Waals surface area contributed by atoms with Crippen LogP contribution in [-0.2, 0) is 12.8 Å². The van der Waals surface area contributed by atoms with E-state index in [1.165, 1.54) is 26.9 Å². The first-order valence-corrected chi connectivity index (χ1v) is 9.83. The van der Waals surface area contributed by atoms with E-state index in [0.29, 0.717) is 0 Å². The molecule has 5 nitrogen and oxygen atoms in total. The highest BCUT2D eigenvalue weighted by molar-refractivity contribution is 14.0. The highest BCUT2D eigenvalue weighted by Gasteiger charge is 2.07. The zero-order chi connectivity index (χ0) is 18.5. The van der Waals surface area contributed by atoms with Crippen LogP contribution in [0.3, 0.4) is 0 Å². The van der Waals surface area contributed by atoms with E-state index in [0.717, 1.165) is 42.6 Å². The minimum Gasteiger partial charge on any atom is -0.361 e. The number of hydrogen-bond donors (Lipinski definition) is 3. The summed E-state index contributed by atoms with van der Waals surface area (Å²) in [4.78, 5) is 13.5. The standard InChI is InChI=1S/C20H27N5S.HI/c1-13-6-5-7-17-19(13)16(12-24-17)8-10-22-20(21-4)23-11-9-18-14(2)25-15(3)26-18;/h5-7,12,24H,8-11H2,1-4H3,(H2,21,22,23);1H. The fraction of sp³-hybridized carbons (Fsp3) is 0.400. The third kappa shape index (κ3) is 5.44. The van der Waals surface area contributed by atoms with Crippen LogP contribution in [0.4, 0.5) is 0 Å². The van der Waals surface area contributed by atoms with E-state index in [1.54, 1.807) is 11.3 Å². The van der Waals surface area contributed by atoms with E-state index in [-0.39, 0.29) is 24.0 Å². The number of thiazole rings is 1. The molecular weight excluding hydrogens is 469 g/mol. The topological polar surface area (TPSA) is 65.1 Å². The molecule has 2 heterocycles. The molecule has 0 saturated carbocycles. The van der Waals surface area contributed by atoms with E-state index in [1.807, 2.05) is 7.05 Å². The lowest BCUT2D eigenvalue weighted by molar-refractivity contribution is 0.787. The highest BCUT2D eigenvalue weighted by Crippen LogP contribution is 2.22. The average Bonchev–Trinajstić information content (AvgIpc) is 3.17. The Morgan fingerprint density at radius 1 is 1.15 bits per heavy atom. The van der Waals surface area contributed by atoms with Crippen molar-refractivity contribution in [2.24, 2.45) is 4.99 Å². The van der Waals surface area contributed by atoms with Gasteiger partial charge in [-0.15, -0.1) is 35.3 Å². The molecule has 146 valence electrons. The number of nitrogens with zero attached hydrogens (tertiary/aromatic N) is 2. The molecule has 3 aromatic rings. The molecule has 27 heavy (non-hydrogen) atoms. The van der Waals surface area contributed by atoms with Crippen molar-refractivity contribution in [3.8, 4) is 0 Å². The Balaban J connectivity index is 0.00000261. The molecule has 7 heteroatoms. The Morgan fingerprint density at radius 2 is 1.89 bits per heavy atom. The van der Waals surface area contributed by atoms with Crippen LogP contribution in [0.25, 0.3) is 10.9 Å². The van der Waals surface area contributed by atoms with Crippen molar-refractivity contribution in [2.45, 2.75) is 33.6 Å². The van der Waals surface area contributed by atoms with Crippen molar-refractivity contribution in [3.63, 3.8) is 0 Å². The first kappa shape index (κ1) is 21.7. The lowest BCUT2D eigenvalue weighted by Crippen LogP contribution is -2.39. The maximum Gasteiger partial charge on any atom is 0.190 e. The van der Waals surface area contributed by atoms with Crippen molar-refractivity contribution in [1.82, 2.24) is 20.6 Å². The van der Waals surface area contributed by atoms with Crippen LogP contribution in [0.15, 0.2) is 29.4 Å². The SMILES string of the molecule is CN=C(NCCc1sc(C)nc1C)NCCc1c[nH]c2cccc(C)c12.I. The van der Waals surface area contributed by atoms with Gasteiger partial charge >= 0.3 is 0 Å². The Kier molecular flexibility index (Phi) is 8.09. The van der Waals surface area contributed by atoms with Gasteiger partial charge in [0.15, 0.2) is 5.96 Å². The van der Waals surface area contributed by atoms with Gasteiger partial charge in [0.25, 0.3) is 0 Å². The van der Waals surface area contributed by atoms with E-state index >= 15 is 0 Å². The summed E-state index contributed by atoms with van der Waals surface area (Å²) in [6.45, 7) is 8.00. The third-order valence-corrected chi connectivity index (χ3v) is 5.68. The Hall–Kier alpha value is -1.61. The van der Waals surface area contributed by atoms with Gasteiger partial charge in [-0.1, -0.05) is 12.1 Å². The van der Waals surface area contributed by atoms with E-state index in [4.69, 9.17) is 0 Å². The quantitative estimate of drug-likeness (QED) is 0.273. The number of rotatable bonds is 6. The fourth-order valence-electron chi connectivity index (χ4n) is 3.28. The van der Waals surface area contributed by atoms with Crippen LogP contribution >= 0.6 is 35.3 Å². The van der Waals surface area contributed by atoms with E-state index < -0.39 is 0 Å². The summed E-state index contributed by atoms with van der Waals surface area (Å²) in [7, 11) is 1.81. The summed E-state index contributed by atoms with van der Waals surface area (Å²) in [6, 6.07) is 6.38. The molecule has 0 aliphatic carbocycles. The van der Waals surface area contributed by atoms with Crippen LogP contribution in [0.5, 0.6) is 0 Å². The lowest BCUT2D eigenvalue weighted by Gasteiger charge is -2.11. The predicted molar refractivity (Wildman–Crippen MR) is 127 cm³/mol. The summed E-state index contributed by atoms with van der Waals surface area (Å²) in [5.41, 5.74) is 5.01. The first-order valence-electron chi connectivity index (χ1n) is 9.01. The molecule has 0 fully saturated rings. The summed E-state index contributed by atoms with van der Waals surface area (Å²) in [5, 5.41) is 9.28. The average molecular weight is 497 g/mol. The molecule has 0 aliphatic heterocycles. The van der Waals surface area contributed by atoms with Crippen LogP contribution in [0.2, 0.25) is 0 Å². The fourth-order valence-corrected chi connectivity index (χ4v) is 4.22. The molecule has 3 rings (SSSR count). The highest BCUT2D eigenvalue weighted by atomic mass is 127. The maximum atomic E-state index is 4.48. The maximum absolute atomic E-state index is 4.48. The van der Waals surface area contributed by atoms with Crippen molar-refractivity contribution in [1.29, 1.82) is 0 Å². The van der Waals surface area contributed by atoms with Gasteiger partial charge in [-0.25, -0.2) is 4.98 Å². The molecule has 1 aromatic carbocycles. The number of aromatic amines is 1. The summed E-state index contributed by atoms with van der Waals surface area (Å²) in [5.74, 6) is 0.848.